The van der Waals surface area contributed by atoms with Crippen molar-refractivity contribution in [1.82, 2.24) is 10.2 Å². The zero-order valence-electron chi connectivity index (χ0n) is 13.8. The molecule has 1 aromatic rings. The summed E-state index contributed by atoms with van der Waals surface area (Å²) in [5.74, 6) is -2.67. The number of halogens is 2. The highest BCUT2D eigenvalue weighted by molar-refractivity contribution is 5.71. The van der Waals surface area contributed by atoms with Crippen molar-refractivity contribution in [3.8, 4) is 5.75 Å². The maximum absolute atomic E-state index is 14.1. The third-order valence-corrected chi connectivity index (χ3v) is 3.13. The summed E-state index contributed by atoms with van der Waals surface area (Å²) in [6.07, 6.45) is -0.771. The van der Waals surface area contributed by atoms with Gasteiger partial charge in [0.1, 0.15) is 0 Å². The van der Waals surface area contributed by atoms with Gasteiger partial charge >= 0.3 is 11.8 Å². The molecule has 0 unspecified atom stereocenters. The molecule has 1 aliphatic heterocycles. The largest absolute Gasteiger partial charge is 0.415 e. The number of amides is 1. The molecule has 7 nitrogen and oxygen atoms in total. The van der Waals surface area contributed by atoms with Crippen molar-refractivity contribution in [3.05, 3.63) is 28.7 Å². The molecule has 0 atom stereocenters. The van der Waals surface area contributed by atoms with Crippen molar-refractivity contribution in [1.29, 1.82) is 0 Å². The van der Waals surface area contributed by atoms with E-state index in [0.717, 1.165) is 0 Å². The van der Waals surface area contributed by atoms with Crippen LogP contribution in [0.1, 0.15) is 20.8 Å². The monoisotopic (exact) mass is 344 g/mol. The first-order valence-corrected chi connectivity index (χ1v) is 7.50. The summed E-state index contributed by atoms with van der Waals surface area (Å²) in [7, 11) is 0. The number of hydrogen-bond donors (Lipinski definition) is 1. The summed E-state index contributed by atoms with van der Waals surface area (Å²) in [4.78, 5) is 29.9. The van der Waals surface area contributed by atoms with Crippen LogP contribution in [0.2, 0.25) is 0 Å². The van der Waals surface area contributed by atoms with Crippen molar-refractivity contribution in [3.63, 3.8) is 0 Å². The molecule has 132 valence electrons. The van der Waals surface area contributed by atoms with Crippen LogP contribution in [-0.2, 0) is 4.84 Å². The van der Waals surface area contributed by atoms with Gasteiger partial charge in [-0.3, -0.25) is 0 Å². The van der Waals surface area contributed by atoms with Gasteiger partial charge in [-0.25, -0.2) is 14.0 Å². The summed E-state index contributed by atoms with van der Waals surface area (Å²) in [6, 6.07) is 1.29. The zero-order chi connectivity index (χ0) is 17.9. The molecule has 0 bridgehead atoms. The molecule has 1 aromatic carbocycles. The molecular formula is C15H20F2N3O4+. The number of piperazine rings is 1. The van der Waals surface area contributed by atoms with Gasteiger partial charge in [-0.2, -0.15) is 4.39 Å². The number of rotatable bonds is 3. The van der Waals surface area contributed by atoms with Crippen LogP contribution >= 0.6 is 0 Å². The van der Waals surface area contributed by atoms with E-state index < -0.39 is 34.8 Å². The van der Waals surface area contributed by atoms with Crippen LogP contribution in [0.15, 0.2) is 12.1 Å². The predicted molar refractivity (Wildman–Crippen MR) is 81.0 cm³/mol. The summed E-state index contributed by atoms with van der Waals surface area (Å²) >= 11 is 0. The van der Waals surface area contributed by atoms with Gasteiger partial charge < -0.3 is 15.0 Å². The van der Waals surface area contributed by atoms with Crippen LogP contribution in [0.3, 0.4) is 0 Å². The summed E-state index contributed by atoms with van der Waals surface area (Å²) in [5, 5.41) is 3.05. The zero-order valence-corrected chi connectivity index (χ0v) is 13.8. The Labute approximate surface area is 138 Å². The van der Waals surface area contributed by atoms with Crippen molar-refractivity contribution in [2.75, 3.05) is 26.2 Å². The number of carbonyl (C=O) groups is 1. The third kappa shape index (κ3) is 4.60. The molecule has 1 N–H and O–H groups in total. The summed E-state index contributed by atoms with van der Waals surface area (Å²) in [6.45, 7) is 6.80. The summed E-state index contributed by atoms with van der Waals surface area (Å²) < 4.78 is 33.0. The lowest BCUT2D eigenvalue weighted by atomic mass is 10.2. The fourth-order valence-corrected chi connectivity index (χ4v) is 2.04. The number of carbonyl (C=O) groups excluding carboxylic acids is 1. The van der Waals surface area contributed by atoms with Gasteiger partial charge in [0.25, 0.3) is 4.92 Å². The Morgan fingerprint density at radius 2 is 1.83 bits per heavy atom. The molecular weight excluding hydrogens is 324 g/mol. The van der Waals surface area contributed by atoms with Crippen molar-refractivity contribution in [2.24, 2.45) is 0 Å². The lowest BCUT2D eigenvalue weighted by molar-refractivity contribution is -0.767. The average molecular weight is 344 g/mol. The van der Waals surface area contributed by atoms with Gasteiger partial charge in [-0.05, 0) is 20.8 Å². The maximum Gasteiger partial charge on any atom is 0.415 e. The van der Waals surface area contributed by atoms with Crippen molar-refractivity contribution in [2.45, 2.75) is 26.4 Å². The van der Waals surface area contributed by atoms with Crippen LogP contribution < -0.4 is 10.1 Å². The lowest BCUT2D eigenvalue weighted by Crippen LogP contribution is -2.47. The van der Waals surface area contributed by atoms with Crippen molar-refractivity contribution < 1.29 is 28.1 Å². The van der Waals surface area contributed by atoms with Crippen LogP contribution in [0, 0.1) is 16.5 Å². The molecule has 1 heterocycles. The molecule has 1 aliphatic rings. The van der Waals surface area contributed by atoms with Gasteiger partial charge in [-0.1, -0.05) is 0 Å². The van der Waals surface area contributed by atoms with Gasteiger partial charge in [-0.15, -0.1) is 0 Å². The second kappa shape index (κ2) is 7.08. The van der Waals surface area contributed by atoms with E-state index in [1.807, 2.05) is 0 Å². The minimum absolute atomic E-state index is 0.0969. The first-order chi connectivity index (χ1) is 11.2. The highest BCUT2D eigenvalue weighted by Gasteiger charge is 2.32. The highest BCUT2D eigenvalue weighted by atomic mass is 19.1. The Balaban J connectivity index is 2.14. The molecule has 24 heavy (non-hydrogen) atoms. The minimum atomic E-state index is -1.06. The highest BCUT2D eigenvalue weighted by Crippen LogP contribution is 2.28. The molecule has 0 aliphatic carbocycles. The average Bonchev–Trinajstić information content (AvgIpc) is 2.49. The van der Waals surface area contributed by atoms with E-state index in [9.17, 15) is 18.5 Å². The van der Waals surface area contributed by atoms with Crippen LogP contribution in [0.25, 0.3) is 0 Å². The smallest absolute Gasteiger partial charge is 0.407 e. The molecule has 1 saturated heterocycles. The Morgan fingerprint density at radius 3 is 2.42 bits per heavy atom. The maximum atomic E-state index is 14.1. The second-order valence-corrected chi connectivity index (χ2v) is 6.30. The molecule has 0 radical (unpaired) electrons. The topological polar surface area (TPSA) is 70.9 Å². The fraction of sp³-hybridized carbons (Fsp3) is 0.533. The number of nitrogens with zero attached hydrogens (tertiary/aromatic N) is 2. The second-order valence-electron chi connectivity index (χ2n) is 6.30. The minimum Gasteiger partial charge on any atom is -0.407 e. The molecule has 0 aromatic heterocycles. The van der Waals surface area contributed by atoms with Crippen LogP contribution in [0.4, 0.5) is 19.3 Å². The lowest BCUT2D eigenvalue weighted by Gasteiger charge is -2.26. The number of hydrogen-bond acceptors (Lipinski definition) is 5. The van der Waals surface area contributed by atoms with E-state index in [4.69, 9.17) is 9.57 Å². The third-order valence-electron chi connectivity index (χ3n) is 3.13. The Bertz CT molecular complexity index is 640. The van der Waals surface area contributed by atoms with E-state index in [1.54, 1.807) is 20.8 Å². The molecule has 2 rings (SSSR count). The first kappa shape index (κ1) is 18.1. The SMILES string of the molecule is CC(C)(C)O[N+](=O)c1cc(F)c(OC(=O)N2CCNCC2)cc1F. The van der Waals surface area contributed by atoms with Gasteiger partial charge in [0.05, 0.1) is 11.0 Å². The number of benzene rings is 1. The van der Waals surface area contributed by atoms with Crippen LogP contribution in [-0.4, -0.2) is 47.7 Å². The quantitative estimate of drug-likeness (QED) is 0.853. The fourth-order valence-electron chi connectivity index (χ4n) is 2.04. The molecule has 9 heteroatoms. The van der Waals surface area contributed by atoms with E-state index in [2.05, 4.69) is 5.32 Å². The van der Waals surface area contributed by atoms with Gasteiger partial charge in [0.2, 0.25) is 5.82 Å². The molecule has 1 amide bonds. The standard InChI is InChI=1S/C15H20F2N3O4/c1-15(2,3)24-20(22)12-8-11(17)13(9-10(12)16)23-14(21)19-6-4-18-5-7-19/h8-9,18H,4-7H2,1-3H3/q+1. The number of ether oxygens (including phenoxy) is 1. The molecule has 1 fully saturated rings. The Hall–Kier alpha value is -2.29. The van der Waals surface area contributed by atoms with E-state index in [0.29, 0.717) is 38.3 Å². The molecule has 0 spiro atoms. The Kier molecular flexibility index (Phi) is 5.33. The van der Waals surface area contributed by atoms with E-state index >= 15 is 0 Å². The van der Waals surface area contributed by atoms with E-state index in [-0.39, 0.29) is 4.92 Å². The predicted octanol–water partition coefficient (Wildman–Crippen LogP) is 2.51. The number of nitrogens with one attached hydrogen (secondary N) is 1. The Morgan fingerprint density at radius 1 is 1.21 bits per heavy atom. The van der Waals surface area contributed by atoms with Gasteiger partial charge in [0, 0.05) is 32.2 Å². The van der Waals surface area contributed by atoms with Crippen molar-refractivity contribution >= 4 is 11.8 Å². The summed E-state index contributed by atoms with van der Waals surface area (Å²) in [5.41, 5.74) is -1.51. The molecule has 0 saturated carbocycles. The van der Waals surface area contributed by atoms with Gasteiger partial charge in [0.15, 0.2) is 17.2 Å². The van der Waals surface area contributed by atoms with E-state index in [1.165, 1.54) is 4.90 Å². The first-order valence-electron chi connectivity index (χ1n) is 7.50. The normalized spacial score (nSPS) is 15.1. The van der Waals surface area contributed by atoms with Crippen LogP contribution in [0.5, 0.6) is 5.75 Å².